The third kappa shape index (κ3) is 2.62. The number of hydrogen-bond acceptors (Lipinski definition) is 5. The quantitative estimate of drug-likeness (QED) is 0.810. The fraction of sp³-hybridized carbons (Fsp3) is 0.438. The molecule has 23 heavy (non-hydrogen) atoms. The molecule has 1 unspecified atom stereocenters. The van der Waals surface area contributed by atoms with Crippen molar-refractivity contribution in [1.82, 2.24) is 9.78 Å². The van der Waals surface area contributed by atoms with Crippen molar-refractivity contribution in [3.63, 3.8) is 0 Å². The van der Waals surface area contributed by atoms with Gasteiger partial charge in [0.25, 0.3) is 0 Å². The summed E-state index contributed by atoms with van der Waals surface area (Å²) in [6, 6.07) is 5.95. The van der Waals surface area contributed by atoms with Crippen LogP contribution in [0.3, 0.4) is 0 Å². The number of rotatable bonds is 4. The van der Waals surface area contributed by atoms with Gasteiger partial charge in [0.15, 0.2) is 0 Å². The number of carbonyl (C=O) groups is 2. The number of methoxy groups -OCH3 is 1. The molecule has 0 aliphatic carbocycles. The van der Waals surface area contributed by atoms with Crippen molar-refractivity contribution < 1.29 is 19.1 Å². The second kappa shape index (κ2) is 5.91. The third-order valence-corrected chi connectivity index (χ3v) is 4.18. The Morgan fingerprint density at radius 2 is 2.30 bits per heavy atom. The highest BCUT2D eigenvalue weighted by atomic mass is 16.6. The summed E-state index contributed by atoms with van der Waals surface area (Å²) < 4.78 is 11.6. The zero-order valence-electron chi connectivity index (χ0n) is 13.4. The molecule has 7 heteroatoms. The average Bonchev–Trinajstić information content (AvgIpc) is 3.16. The van der Waals surface area contributed by atoms with Crippen LogP contribution < -0.4 is 4.90 Å². The van der Waals surface area contributed by atoms with E-state index in [0.717, 1.165) is 17.3 Å². The highest BCUT2D eigenvalue weighted by Gasteiger charge is 2.37. The Bertz CT molecular complexity index is 755. The highest BCUT2D eigenvalue weighted by Crippen LogP contribution is 2.27. The molecule has 2 aromatic rings. The summed E-state index contributed by atoms with van der Waals surface area (Å²) in [5.74, 6) is -0.550. The molecule has 1 saturated heterocycles. The predicted molar refractivity (Wildman–Crippen MR) is 84.4 cm³/mol. The average molecular weight is 317 g/mol. The van der Waals surface area contributed by atoms with Gasteiger partial charge in [0.2, 0.25) is 6.10 Å². The first-order valence-electron chi connectivity index (χ1n) is 7.58. The van der Waals surface area contributed by atoms with Gasteiger partial charge in [0.1, 0.15) is 0 Å². The molecule has 1 aromatic carbocycles. The summed E-state index contributed by atoms with van der Waals surface area (Å²) in [6.07, 6.45) is 1.34. The maximum Gasteiger partial charge on any atom is 0.415 e. The molecule has 1 amide bonds. The first kappa shape index (κ1) is 15.3. The monoisotopic (exact) mass is 317 g/mol. The summed E-state index contributed by atoms with van der Waals surface area (Å²) in [7, 11) is 1.27. The molecule has 0 bridgehead atoms. The van der Waals surface area contributed by atoms with E-state index in [2.05, 4.69) is 23.7 Å². The van der Waals surface area contributed by atoms with E-state index in [4.69, 9.17) is 4.74 Å². The predicted octanol–water partition coefficient (Wildman–Crippen LogP) is 2.51. The maximum atomic E-state index is 12.0. The number of anilines is 1. The molecule has 1 aromatic heterocycles. The van der Waals surface area contributed by atoms with Crippen molar-refractivity contribution in [1.29, 1.82) is 0 Å². The minimum Gasteiger partial charge on any atom is -0.466 e. The number of esters is 1. The number of hydrogen-bond donors (Lipinski definition) is 0. The molecule has 0 spiro atoms. The van der Waals surface area contributed by atoms with Crippen LogP contribution in [0.1, 0.15) is 26.3 Å². The van der Waals surface area contributed by atoms with Gasteiger partial charge in [-0.25, -0.2) is 9.59 Å². The third-order valence-electron chi connectivity index (χ3n) is 4.18. The summed E-state index contributed by atoms with van der Waals surface area (Å²) >= 11 is 0. The first-order chi connectivity index (χ1) is 11.0. The summed E-state index contributed by atoms with van der Waals surface area (Å²) in [4.78, 5) is 24.9. The minimum atomic E-state index is -0.883. The van der Waals surface area contributed by atoms with Crippen molar-refractivity contribution in [2.75, 3.05) is 18.6 Å². The topological polar surface area (TPSA) is 73.7 Å². The van der Waals surface area contributed by atoms with Crippen LogP contribution in [0.15, 0.2) is 24.4 Å². The van der Waals surface area contributed by atoms with E-state index in [1.165, 1.54) is 12.0 Å². The van der Waals surface area contributed by atoms with E-state index >= 15 is 0 Å². The van der Waals surface area contributed by atoms with Gasteiger partial charge in [-0.3, -0.25) is 9.58 Å². The zero-order chi connectivity index (χ0) is 16.6. The van der Waals surface area contributed by atoms with Crippen LogP contribution in [-0.4, -0.2) is 41.6 Å². The molecule has 1 fully saturated rings. The molecule has 1 aliphatic rings. The number of fused-ring (bicyclic) bond motifs is 1. The van der Waals surface area contributed by atoms with Crippen molar-refractivity contribution in [2.24, 2.45) is 0 Å². The Morgan fingerprint density at radius 3 is 3.00 bits per heavy atom. The van der Waals surface area contributed by atoms with Gasteiger partial charge in [-0.2, -0.15) is 5.10 Å². The van der Waals surface area contributed by atoms with E-state index < -0.39 is 18.2 Å². The van der Waals surface area contributed by atoms with E-state index in [1.54, 1.807) is 6.20 Å². The lowest BCUT2D eigenvalue weighted by Crippen LogP contribution is -2.28. The molecule has 2 heterocycles. The first-order valence-corrected chi connectivity index (χ1v) is 7.58. The summed E-state index contributed by atoms with van der Waals surface area (Å²) in [5.41, 5.74) is 1.69. The van der Waals surface area contributed by atoms with Gasteiger partial charge in [0, 0.05) is 17.1 Å². The van der Waals surface area contributed by atoms with E-state index in [1.807, 2.05) is 22.9 Å². The molecule has 0 N–H and O–H groups in total. The Kier molecular flexibility index (Phi) is 3.94. The van der Waals surface area contributed by atoms with Gasteiger partial charge in [0.05, 0.1) is 25.4 Å². The number of carbonyl (C=O) groups excluding carboxylic acids is 2. The molecular formula is C16H19N3O4. The Labute approximate surface area is 133 Å². The molecule has 2 atom stereocenters. The summed E-state index contributed by atoms with van der Waals surface area (Å²) in [6.45, 7) is 4.37. The molecule has 7 nitrogen and oxygen atoms in total. The number of benzene rings is 1. The number of nitrogens with zero attached hydrogens (tertiary/aromatic N) is 3. The molecule has 0 saturated carbocycles. The highest BCUT2D eigenvalue weighted by molar-refractivity contribution is 5.96. The molecule has 3 rings (SSSR count). The van der Waals surface area contributed by atoms with Gasteiger partial charge in [-0.1, -0.05) is 6.92 Å². The van der Waals surface area contributed by atoms with E-state index in [0.29, 0.717) is 11.7 Å². The normalized spacial score (nSPS) is 19.0. The number of aromatic nitrogens is 2. The Hall–Kier alpha value is -2.57. The fourth-order valence-electron chi connectivity index (χ4n) is 2.66. The lowest BCUT2D eigenvalue weighted by Gasteiger charge is -2.14. The maximum absolute atomic E-state index is 12.0. The van der Waals surface area contributed by atoms with Gasteiger partial charge in [-0.05, 0) is 31.5 Å². The number of cyclic esters (lactones) is 1. The van der Waals surface area contributed by atoms with Crippen molar-refractivity contribution in [3.8, 4) is 0 Å². The minimum absolute atomic E-state index is 0.149. The largest absolute Gasteiger partial charge is 0.466 e. The van der Waals surface area contributed by atoms with Crippen molar-refractivity contribution in [2.45, 2.75) is 32.4 Å². The van der Waals surface area contributed by atoms with Crippen molar-refractivity contribution >= 4 is 28.7 Å². The van der Waals surface area contributed by atoms with Crippen LogP contribution in [0, 0.1) is 0 Å². The zero-order valence-corrected chi connectivity index (χ0v) is 13.4. The molecule has 0 radical (unpaired) electrons. The molecule has 122 valence electrons. The number of amides is 1. The van der Waals surface area contributed by atoms with Crippen LogP contribution in [0.4, 0.5) is 10.5 Å². The van der Waals surface area contributed by atoms with Gasteiger partial charge in [-0.15, -0.1) is 0 Å². The van der Waals surface area contributed by atoms with E-state index in [9.17, 15) is 9.59 Å². The lowest BCUT2D eigenvalue weighted by atomic mass is 10.2. The molecular weight excluding hydrogens is 298 g/mol. The van der Waals surface area contributed by atoms with Crippen LogP contribution in [0.25, 0.3) is 10.9 Å². The second-order valence-corrected chi connectivity index (χ2v) is 5.60. The Morgan fingerprint density at radius 1 is 1.52 bits per heavy atom. The SMILES string of the molecule is CCC(C)n1ncc2cc(N3C[C@H](C(=O)OC)OC3=O)ccc21. The van der Waals surface area contributed by atoms with Crippen LogP contribution >= 0.6 is 0 Å². The van der Waals surface area contributed by atoms with Crippen molar-refractivity contribution in [3.05, 3.63) is 24.4 Å². The molecule has 1 aliphatic heterocycles. The van der Waals surface area contributed by atoms with Crippen LogP contribution in [0.2, 0.25) is 0 Å². The summed E-state index contributed by atoms with van der Waals surface area (Å²) in [5, 5.41) is 5.36. The standard InChI is InChI=1S/C16H19N3O4/c1-4-10(2)19-13-6-5-12(7-11(13)8-17-19)18-9-14(15(20)22-3)23-16(18)21/h5-8,10,14H,4,9H2,1-3H3/t10?,14-/m1/s1. The van der Waals surface area contributed by atoms with Crippen LogP contribution in [-0.2, 0) is 14.3 Å². The Balaban J connectivity index is 1.89. The number of ether oxygens (including phenoxy) is 2. The van der Waals surface area contributed by atoms with Gasteiger partial charge >= 0.3 is 12.1 Å². The fourth-order valence-corrected chi connectivity index (χ4v) is 2.66. The van der Waals surface area contributed by atoms with E-state index in [-0.39, 0.29) is 6.54 Å². The second-order valence-electron chi connectivity index (χ2n) is 5.60. The van der Waals surface area contributed by atoms with Crippen LogP contribution in [0.5, 0.6) is 0 Å². The lowest BCUT2D eigenvalue weighted by molar-refractivity contribution is -0.148. The van der Waals surface area contributed by atoms with Gasteiger partial charge < -0.3 is 9.47 Å². The smallest absolute Gasteiger partial charge is 0.415 e.